The molecular weight excluding hydrogens is 330 g/mol. The molecule has 0 radical (unpaired) electrons. The standard InChI is InChI=1S/C19H29N5O2/c1-4-23(5-2)10-11-24-14-17(12-21-24)22-19(26)20-13-18(25)16-8-6-15(3)7-9-16/h6-9,12,14,18,25H,4-5,10-11,13H2,1-3H3,(H2,20,22,26)/t18-/m0/s1. The average molecular weight is 359 g/mol. The summed E-state index contributed by atoms with van der Waals surface area (Å²) in [5.74, 6) is 0. The third kappa shape index (κ3) is 6.16. The molecule has 2 aromatic rings. The number of aryl methyl sites for hydroxylation is 1. The number of amides is 2. The van der Waals surface area contributed by atoms with Gasteiger partial charge in [-0.2, -0.15) is 5.10 Å². The zero-order chi connectivity index (χ0) is 18.9. The summed E-state index contributed by atoms with van der Waals surface area (Å²) >= 11 is 0. The molecule has 3 N–H and O–H groups in total. The summed E-state index contributed by atoms with van der Waals surface area (Å²) < 4.78 is 1.81. The topological polar surface area (TPSA) is 82.4 Å². The first-order chi connectivity index (χ1) is 12.5. The molecule has 0 unspecified atom stereocenters. The maximum Gasteiger partial charge on any atom is 0.319 e. The van der Waals surface area contributed by atoms with Crippen LogP contribution in [0.1, 0.15) is 31.1 Å². The molecule has 7 nitrogen and oxygen atoms in total. The largest absolute Gasteiger partial charge is 0.387 e. The minimum atomic E-state index is -0.738. The highest BCUT2D eigenvalue weighted by molar-refractivity contribution is 5.88. The highest BCUT2D eigenvalue weighted by Crippen LogP contribution is 2.12. The van der Waals surface area contributed by atoms with Crippen LogP contribution in [0.4, 0.5) is 10.5 Å². The maximum atomic E-state index is 12.0. The Morgan fingerprint density at radius 3 is 2.62 bits per heavy atom. The normalized spacial score (nSPS) is 12.2. The van der Waals surface area contributed by atoms with Gasteiger partial charge in [-0.15, -0.1) is 0 Å². The predicted octanol–water partition coefficient (Wildman–Crippen LogP) is 2.39. The highest BCUT2D eigenvalue weighted by Gasteiger charge is 2.10. The Kier molecular flexibility index (Phi) is 7.62. The zero-order valence-corrected chi connectivity index (χ0v) is 15.8. The smallest absolute Gasteiger partial charge is 0.319 e. The van der Waals surface area contributed by atoms with Crippen molar-refractivity contribution >= 4 is 11.7 Å². The summed E-state index contributed by atoms with van der Waals surface area (Å²) in [5.41, 5.74) is 2.54. The summed E-state index contributed by atoms with van der Waals surface area (Å²) in [6.07, 6.45) is 2.69. The van der Waals surface area contributed by atoms with Crippen molar-refractivity contribution in [1.82, 2.24) is 20.0 Å². The molecule has 2 amide bonds. The minimum Gasteiger partial charge on any atom is -0.387 e. The molecule has 0 saturated carbocycles. The Bertz CT molecular complexity index is 679. The van der Waals surface area contributed by atoms with Gasteiger partial charge >= 0.3 is 6.03 Å². The number of urea groups is 1. The third-order valence-corrected chi connectivity index (χ3v) is 4.35. The van der Waals surface area contributed by atoms with Gasteiger partial charge in [-0.25, -0.2) is 4.79 Å². The zero-order valence-electron chi connectivity index (χ0n) is 15.8. The van der Waals surface area contributed by atoms with E-state index in [1.807, 2.05) is 35.9 Å². The molecule has 1 aromatic carbocycles. The molecule has 0 spiro atoms. The first-order valence-electron chi connectivity index (χ1n) is 9.06. The molecule has 2 rings (SSSR count). The van der Waals surface area contributed by atoms with Crippen molar-refractivity contribution in [3.05, 3.63) is 47.8 Å². The molecule has 1 atom stereocenters. The summed E-state index contributed by atoms with van der Waals surface area (Å²) in [5, 5.41) is 19.8. The van der Waals surface area contributed by atoms with E-state index in [4.69, 9.17) is 0 Å². The van der Waals surface area contributed by atoms with Crippen LogP contribution in [0.25, 0.3) is 0 Å². The van der Waals surface area contributed by atoms with Gasteiger partial charge in [-0.3, -0.25) is 4.68 Å². The molecule has 0 saturated heterocycles. The SMILES string of the molecule is CCN(CC)CCn1cc(NC(=O)NC[C@H](O)c2ccc(C)cc2)cn1. The van der Waals surface area contributed by atoms with Gasteiger partial charge in [-0.05, 0) is 25.6 Å². The number of nitrogens with zero attached hydrogens (tertiary/aromatic N) is 3. The van der Waals surface area contributed by atoms with E-state index in [1.165, 1.54) is 0 Å². The van der Waals surface area contributed by atoms with Crippen molar-refractivity contribution in [1.29, 1.82) is 0 Å². The number of carbonyl (C=O) groups is 1. The van der Waals surface area contributed by atoms with Crippen LogP contribution < -0.4 is 10.6 Å². The van der Waals surface area contributed by atoms with E-state index in [-0.39, 0.29) is 12.6 Å². The van der Waals surface area contributed by atoms with Gasteiger partial charge in [0.1, 0.15) is 0 Å². The molecule has 26 heavy (non-hydrogen) atoms. The predicted molar refractivity (Wildman–Crippen MR) is 103 cm³/mol. The first kappa shape index (κ1) is 19.9. The summed E-state index contributed by atoms with van der Waals surface area (Å²) in [7, 11) is 0. The van der Waals surface area contributed by atoms with Crippen LogP contribution in [0, 0.1) is 6.92 Å². The Balaban J connectivity index is 1.76. The summed E-state index contributed by atoms with van der Waals surface area (Å²) in [4.78, 5) is 14.3. The number of rotatable bonds is 9. The van der Waals surface area contributed by atoms with Gasteiger partial charge in [0.15, 0.2) is 0 Å². The van der Waals surface area contributed by atoms with E-state index < -0.39 is 6.10 Å². The van der Waals surface area contributed by atoms with Crippen molar-refractivity contribution in [2.24, 2.45) is 0 Å². The van der Waals surface area contributed by atoms with Crippen LogP contribution in [0.15, 0.2) is 36.7 Å². The van der Waals surface area contributed by atoms with E-state index in [9.17, 15) is 9.90 Å². The van der Waals surface area contributed by atoms with Gasteiger partial charge in [0.2, 0.25) is 0 Å². The van der Waals surface area contributed by atoms with Crippen molar-refractivity contribution in [3.8, 4) is 0 Å². The van der Waals surface area contributed by atoms with Gasteiger partial charge < -0.3 is 20.6 Å². The Morgan fingerprint density at radius 1 is 1.27 bits per heavy atom. The van der Waals surface area contributed by atoms with E-state index in [0.29, 0.717) is 5.69 Å². The van der Waals surface area contributed by atoms with E-state index in [0.717, 1.165) is 37.3 Å². The van der Waals surface area contributed by atoms with E-state index in [2.05, 4.69) is 34.5 Å². The molecule has 0 aliphatic rings. The Hall–Kier alpha value is -2.38. The number of carbonyl (C=O) groups excluding carboxylic acids is 1. The summed E-state index contributed by atoms with van der Waals surface area (Å²) in [6.45, 7) is 10.1. The van der Waals surface area contributed by atoms with Gasteiger partial charge in [0, 0.05) is 19.3 Å². The maximum absolute atomic E-state index is 12.0. The fraction of sp³-hybridized carbons (Fsp3) is 0.474. The van der Waals surface area contributed by atoms with Crippen LogP contribution >= 0.6 is 0 Å². The van der Waals surface area contributed by atoms with Crippen molar-refractivity contribution in [2.45, 2.75) is 33.4 Å². The second kappa shape index (κ2) is 9.94. The molecule has 0 aliphatic carbocycles. The van der Waals surface area contributed by atoms with Crippen molar-refractivity contribution < 1.29 is 9.90 Å². The number of aliphatic hydroxyl groups is 1. The van der Waals surface area contributed by atoms with E-state index >= 15 is 0 Å². The highest BCUT2D eigenvalue weighted by atomic mass is 16.3. The number of anilines is 1. The molecule has 7 heteroatoms. The fourth-order valence-electron chi connectivity index (χ4n) is 2.61. The lowest BCUT2D eigenvalue weighted by Crippen LogP contribution is -2.32. The molecule has 0 fully saturated rings. The molecule has 0 aliphatic heterocycles. The number of likely N-dealkylation sites (N-methyl/N-ethyl adjacent to an activating group) is 1. The number of aliphatic hydroxyl groups excluding tert-OH is 1. The van der Waals surface area contributed by atoms with Crippen LogP contribution in [0.2, 0.25) is 0 Å². The lowest BCUT2D eigenvalue weighted by atomic mass is 10.1. The fourth-order valence-corrected chi connectivity index (χ4v) is 2.61. The molecule has 1 aromatic heterocycles. The molecular formula is C19H29N5O2. The Morgan fingerprint density at radius 2 is 1.96 bits per heavy atom. The first-order valence-corrected chi connectivity index (χ1v) is 9.06. The molecule has 1 heterocycles. The van der Waals surface area contributed by atoms with Crippen LogP contribution in [-0.4, -0.2) is 52.0 Å². The van der Waals surface area contributed by atoms with Crippen LogP contribution in [0.3, 0.4) is 0 Å². The van der Waals surface area contributed by atoms with Gasteiger partial charge in [0.05, 0.1) is 24.5 Å². The molecule has 142 valence electrons. The van der Waals surface area contributed by atoms with Gasteiger partial charge in [0.25, 0.3) is 0 Å². The average Bonchev–Trinajstić information content (AvgIpc) is 3.08. The second-order valence-corrected chi connectivity index (χ2v) is 6.28. The van der Waals surface area contributed by atoms with E-state index in [1.54, 1.807) is 12.4 Å². The number of hydrogen-bond donors (Lipinski definition) is 3. The third-order valence-electron chi connectivity index (χ3n) is 4.35. The monoisotopic (exact) mass is 359 g/mol. The van der Waals surface area contributed by atoms with Crippen LogP contribution in [-0.2, 0) is 6.54 Å². The lowest BCUT2D eigenvalue weighted by molar-refractivity contribution is 0.175. The molecule has 0 bridgehead atoms. The van der Waals surface area contributed by atoms with Gasteiger partial charge in [-0.1, -0.05) is 43.7 Å². The minimum absolute atomic E-state index is 0.144. The number of benzene rings is 1. The number of hydrogen-bond acceptors (Lipinski definition) is 4. The lowest BCUT2D eigenvalue weighted by Gasteiger charge is -2.17. The summed E-state index contributed by atoms with van der Waals surface area (Å²) in [6, 6.07) is 7.23. The van der Waals surface area contributed by atoms with Crippen LogP contribution in [0.5, 0.6) is 0 Å². The Labute approximate surface area is 155 Å². The van der Waals surface area contributed by atoms with Crippen molar-refractivity contribution in [2.75, 3.05) is 31.5 Å². The number of aromatic nitrogens is 2. The number of nitrogens with one attached hydrogen (secondary N) is 2. The quantitative estimate of drug-likeness (QED) is 0.642. The second-order valence-electron chi connectivity index (χ2n) is 6.28. The van der Waals surface area contributed by atoms with Crippen molar-refractivity contribution in [3.63, 3.8) is 0 Å².